The van der Waals surface area contributed by atoms with E-state index in [1.165, 1.54) is 0 Å². The van der Waals surface area contributed by atoms with Crippen molar-refractivity contribution in [1.29, 1.82) is 0 Å². The largest absolute Gasteiger partial charge is 0.411 e. The van der Waals surface area contributed by atoms with Gasteiger partial charge in [0.2, 0.25) is 0 Å². The normalized spacial score (nSPS) is 17.4. The molecular weight excluding hydrogens is 292 g/mol. The molecule has 0 aliphatic heterocycles. The minimum atomic E-state index is -4.47. The van der Waals surface area contributed by atoms with E-state index in [1.807, 2.05) is 5.32 Å². The third kappa shape index (κ3) is 2.40. The van der Waals surface area contributed by atoms with Crippen LogP contribution < -0.4 is 5.32 Å². The molecule has 1 heterocycles. The maximum Gasteiger partial charge on any atom is 0.411 e. The highest BCUT2D eigenvalue weighted by Gasteiger charge is 2.64. The molecule has 1 aliphatic rings. The molecule has 0 saturated heterocycles. The summed E-state index contributed by atoms with van der Waals surface area (Å²) in [6.45, 7) is 0. The molecule has 0 spiro atoms. The first kappa shape index (κ1) is 13.4. The maximum absolute atomic E-state index is 12.7. The van der Waals surface area contributed by atoms with Crippen LogP contribution in [0.4, 0.5) is 13.2 Å². The van der Waals surface area contributed by atoms with Gasteiger partial charge in [-0.1, -0.05) is 23.2 Å². The van der Waals surface area contributed by atoms with Crippen molar-refractivity contribution in [2.75, 3.05) is 0 Å². The van der Waals surface area contributed by atoms with Crippen molar-refractivity contribution in [2.45, 2.75) is 24.6 Å². The number of nitrogens with zero attached hydrogens (tertiary/aromatic N) is 1. The summed E-state index contributed by atoms with van der Waals surface area (Å²) in [5.41, 5.74) is -2.24. The quantitative estimate of drug-likeness (QED) is 0.852. The Morgan fingerprint density at radius 3 is 2.50 bits per heavy atom. The van der Waals surface area contributed by atoms with Crippen molar-refractivity contribution in [3.63, 3.8) is 0 Å². The van der Waals surface area contributed by atoms with Crippen LogP contribution in [-0.2, 0) is 0 Å². The van der Waals surface area contributed by atoms with E-state index in [4.69, 9.17) is 23.2 Å². The summed E-state index contributed by atoms with van der Waals surface area (Å²) in [6, 6.07) is 1.13. The van der Waals surface area contributed by atoms with Gasteiger partial charge in [-0.3, -0.25) is 4.79 Å². The molecule has 0 aromatic carbocycles. The molecule has 8 heteroatoms. The van der Waals surface area contributed by atoms with Crippen molar-refractivity contribution in [2.24, 2.45) is 0 Å². The highest BCUT2D eigenvalue weighted by Crippen LogP contribution is 2.49. The van der Waals surface area contributed by atoms with Gasteiger partial charge < -0.3 is 5.32 Å². The Hall–Kier alpha value is -1.01. The van der Waals surface area contributed by atoms with Crippen LogP contribution in [-0.4, -0.2) is 22.6 Å². The summed E-state index contributed by atoms with van der Waals surface area (Å²) in [7, 11) is 0. The second-order valence-electron chi connectivity index (χ2n) is 4.02. The number of hydrogen-bond acceptors (Lipinski definition) is 2. The Morgan fingerprint density at radius 2 is 2.00 bits per heavy atom. The van der Waals surface area contributed by atoms with Gasteiger partial charge in [0.1, 0.15) is 10.7 Å². The highest BCUT2D eigenvalue weighted by molar-refractivity contribution is 6.35. The van der Waals surface area contributed by atoms with E-state index in [9.17, 15) is 18.0 Å². The van der Waals surface area contributed by atoms with Crippen LogP contribution in [0.5, 0.6) is 0 Å². The Bertz CT molecular complexity index is 500. The number of pyridine rings is 1. The van der Waals surface area contributed by atoms with E-state index >= 15 is 0 Å². The predicted molar refractivity (Wildman–Crippen MR) is 59.7 cm³/mol. The van der Waals surface area contributed by atoms with Crippen LogP contribution >= 0.6 is 23.2 Å². The zero-order valence-electron chi connectivity index (χ0n) is 8.81. The van der Waals surface area contributed by atoms with Crippen molar-refractivity contribution >= 4 is 29.1 Å². The molecule has 0 bridgehead atoms. The second kappa shape index (κ2) is 4.28. The second-order valence-corrected chi connectivity index (χ2v) is 4.82. The number of carbonyl (C=O) groups is 1. The molecule has 1 aliphatic carbocycles. The van der Waals surface area contributed by atoms with E-state index in [1.54, 1.807) is 0 Å². The smallest absolute Gasteiger partial charge is 0.338 e. The molecule has 1 amide bonds. The minimum Gasteiger partial charge on any atom is -0.338 e. The zero-order valence-corrected chi connectivity index (χ0v) is 10.3. The highest BCUT2D eigenvalue weighted by atomic mass is 35.5. The van der Waals surface area contributed by atoms with Gasteiger partial charge in [0, 0.05) is 6.20 Å². The molecule has 1 aromatic rings. The Morgan fingerprint density at radius 1 is 1.39 bits per heavy atom. The first-order valence-corrected chi connectivity index (χ1v) is 5.71. The summed E-state index contributed by atoms with van der Waals surface area (Å²) >= 11 is 11.3. The van der Waals surface area contributed by atoms with Gasteiger partial charge >= 0.3 is 6.18 Å². The van der Waals surface area contributed by atoms with Gasteiger partial charge in [0.15, 0.2) is 0 Å². The third-order valence-electron chi connectivity index (χ3n) is 2.71. The molecule has 0 radical (unpaired) electrons. The molecule has 3 nitrogen and oxygen atoms in total. The van der Waals surface area contributed by atoms with Crippen molar-refractivity contribution < 1.29 is 18.0 Å². The molecule has 0 unspecified atom stereocenters. The Balaban J connectivity index is 2.21. The molecule has 1 fully saturated rings. The number of nitrogens with one attached hydrogen (secondary N) is 1. The summed E-state index contributed by atoms with van der Waals surface area (Å²) in [5.74, 6) is -0.904. The monoisotopic (exact) mass is 298 g/mol. The Labute approximate surface area is 110 Å². The average molecular weight is 299 g/mol. The fourth-order valence-corrected chi connectivity index (χ4v) is 1.82. The van der Waals surface area contributed by atoms with E-state index in [0.29, 0.717) is 0 Å². The average Bonchev–Trinajstić information content (AvgIpc) is 3.01. The van der Waals surface area contributed by atoms with E-state index < -0.39 is 17.6 Å². The van der Waals surface area contributed by atoms with Crippen LogP contribution in [0.25, 0.3) is 0 Å². The number of alkyl halides is 3. The summed E-state index contributed by atoms with van der Waals surface area (Å²) < 4.78 is 38.0. The number of carbonyl (C=O) groups excluding carboxylic acids is 1. The molecule has 98 valence electrons. The van der Waals surface area contributed by atoms with E-state index in [2.05, 4.69) is 4.98 Å². The molecule has 0 atom stereocenters. The van der Waals surface area contributed by atoms with Crippen LogP contribution in [0, 0.1) is 0 Å². The lowest BCUT2D eigenvalue weighted by atomic mass is 10.2. The van der Waals surface area contributed by atoms with Gasteiger partial charge in [-0.2, -0.15) is 13.2 Å². The predicted octanol–water partition coefficient (Wildman–Crippen LogP) is 3.21. The lowest BCUT2D eigenvalue weighted by Gasteiger charge is -2.20. The lowest BCUT2D eigenvalue weighted by molar-refractivity contribution is -0.163. The van der Waals surface area contributed by atoms with Crippen molar-refractivity contribution in [3.8, 4) is 0 Å². The Kier molecular flexibility index (Phi) is 3.19. The topological polar surface area (TPSA) is 42.0 Å². The fourth-order valence-electron chi connectivity index (χ4n) is 1.48. The molecule has 18 heavy (non-hydrogen) atoms. The fraction of sp³-hybridized carbons (Fsp3) is 0.400. The van der Waals surface area contributed by atoms with Gasteiger partial charge in [-0.25, -0.2) is 4.98 Å². The van der Waals surface area contributed by atoms with Crippen molar-refractivity contribution in [3.05, 3.63) is 28.0 Å². The van der Waals surface area contributed by atoms with E-state index in [-0.39, 0.29) is 28.6 Å². The van der Waals surface area contributed by atoms with Crippen molar-refractivity contribution in [1.82, 2.24) is 10.3 Å². The van der Waals surface area contributed by atoms with Gasteiger partial charge in [0.05, 0.1) is 10.6 Å². The first-order chi connectivity index (χ1) is 8.25. The number of halogens is 5. The SMILES string of the molecule is O=C(NC1(C(F)(F)F)CC1)c1cc(Cl)ncc1Cl. The molecule has 1 N–H and O–H groups in total. The van der Waals surface area contributed by atoms with Crippen LogP contribution in [0.2, 0.25) is 10.2 Å². The maximum atomic E-state index is 12.7. The van der Waals surface area contributed by atoms with Gasteiger partial charge in [-0.15, -0.1) is 0 Å². The summed E-state index contributed by atoms with van der Waals surface area (Å²) in [4.78, 5) is 15.4. The number of rotatable bonds is 2. The summed E-state index contributed by atoms with van der Waals surface area (Å²) in [5, 5.41) is 1.90. The zero-order chi connectivity index (χ0) is 13.6. The van der Waals surface area contributed by atoms with Crippen LogP contribution in [0.15, 0.2) is 12.3 Å². The van der Waals surface area contributed by atoms with Crippen LogP contribution in [0.3, 0.4) is 0 Å². The third-order valence-corrected chi connectivity index (χ3v) is 3.22. The lowest BCUT2D eigenvalue weighted by Crippen LogP contribution is -2.47. The molecule has 2 rings (SSSR count). The van der Waals surface area contributed by atoms with Crippen LogP contribution in [0.1, 0.15) is 23.2 Å². The number of hydrogen-bond donors (Lipinski definition) is 1. The van der Waals surface area contributed by atoms with E-state index in [0.717, 1.165) is 12.3 Å². The standard InChI is InChI=1S/C10H7Cl2F3N2O/c11-6-4-16-7(12)3-5(6)8(18)17-9(1-2-9)10(13,14)15/h3-4H,1-2H2,(H,17,18). The number of aromatic nitrogens is 1. The molecule has 1 saturated carbocycles. The molecule has 1 aromatic heterocycles. The summed E-state index contributed by atoms with van der Waals surface area (Å²) in [6.07, 6.45) is -3.60. The van der Waals surface area contributed by atoms with Gasteiger partial charge in [-0.05, 0) is 18.9 Å². The number of amides is 1. The first-order valence-electron chi connectivity index (χ1n) is 4.95. The molecular formula is C10H7Cl2F3N2O. The van der Waals surface area contributed by atoms with Gasteiger partial charge in [0.25, 0.3) is 5.91 Å². The minimum absolute atomic E-state index is 0.0126.